The van der Waals surface area contributed by atoms with Gasteiger partial charge in [-0.25, -0.2) is 5.57 Å². The molecule has 2 aliphatic carbocycles. The molecular weight excluding hydrogens is 163 g/mol. The summed E-state index contributed by atoms with van der Waals surface area (Å²) in [5.41, 5.74) is 2.83. The molecule has 0 amide bonds. The molecule has 2 saturated carbocycles. The Morgan fingerprint density at radius 2 is 1.71 bits per heavy atom. The Hall–Kier alpha value is 0.0774. The SMILES string of the molecule is C=C1CCCC1=[C-]C1CCCCC1.[Li+]. The van der Waals surface area contributed by atoms with Crippen LogP contribution in [-0.2, 0) is 0 Å². The molecule has 0 aliphatic heterocycles. The summed E-state index contributed by atoms with van der Waals surface area (Å²) in [7, 11) is 0. The Morgan fingerprint density at radius 3 is 2.29 bits per heavy atom. The van der Waals surface area contributed by atoms with Crippen LogP contribution in [0.25, 0.3) is 0 Å². The van der Waals surface area contributed by atoms with Crippen LogP contribution < -0.4 is 18.9 Å². The Labute approximate surface area is 100 Å². The minimum Gasteiger partial charge on any atom is -0.268 e. The van der Waals surface area contributed by atoms with Crippen molar-refractivity contribution >= 4 is 0 Å². The smallest absolute Gasteiger partial charge is 0.268 e. The van der Waals surface area contributed by atoms with Crippen LogP contribution in [0.2, 0.25) is 0 Å². The maximum Gasteiger partial charge on any atom is 1.00 e. The van der Waals surface area contributed by atoms with Crippen molar-refractivity contribution in [3.8, 4) is 0 Å². The standard InChI is InChI=1S/C13H19.Li/c1-11-6-5-9-13(11)10-12-7-3-2-4-8-12;/h12H,1-9H2;/q-1;+1. The van der Waals surface area contributed by atoms with Gasteiger partial charge in [-0.1, -0.05) is 57.3 Å². The predicted octanol–water partition coefficient (Wildman–Crippen LogP) is 1.04. The summed E-state index contributed by atoms with van der Waals surface area (Å²) in [5.74, 6) is 0.763. The molecule has 2 rings (SSSR count). The van der Waals surface area contributed by atoms with E-state index in [9.17, 15) is 0 Å². The molecule has 0 atom stereocenters. The molecule has 0 radical (unpaired) electrons. The van der Waals surface area contributed by atoms with Crippen LogP contribution in [0.3, 0.4) is 0 Å². The van der Waals surface area contributed by atoms with Gasteiger partial charge in [-0.15, -0.1) is 0 Å². The van der Waals surface area contributed by atoms with Gasteiger partial charge in [-0.3, -0.25) is 6.08 Å². The van der Waals surface area contributed by atoms with Gasteiger partial charge in [-0.2, -0.15) is 12.2 Å². The topological polar surface area (TPSA) is 0 Å². The molecule has 0 aromatic heterocycles. The van der Waals surface area contributed by atoms with E-state index in [4.69, 9.17) is 0 Å². The Morgan fingerprint density at radius 1 is 1.00 bits per heavy atom. The molecule has 0 N–H and O–H groups in total. The molecule has 1 heteroatoms. The zero-order chi connectivity index (χ0) is 9.10. The second-order valence-electron chi connectivity index (χ2n) is 4.41. The monoisotopic (exact) mass is 182 g/mol. The van der Waals surface area contributed by atoms with Crippen LogP contribution in [0.5, 0.6) is 0 Å². The second-order valence-corrected chi connectivity index (χ2v) is 4.41. The van der Waals surface area contributed by atoms with Crippen molar-refractivity contribution in [1.82, 2.24) is 0 Å². The van der Waals surface area contributed by atoms with Gasteiger partial charge in [0.15, 0.2) is 0 Å². The minimum absolute atomic E-state index is 0. The summed E-state index contributed by atoms with van der Waals surface area (Å²) in [6.07, 6.45) is 14.5. The van der Waals surface area contributed by atoms with Crippen LogP contribution in [0.4, 0.5) is 0 Å². The van der Waals surface area contributed by atoms with E-state index < -0.39 is 0 Å². The molecule has 0 unspecified atom stereocenters. The number of hydrogen-bond acceptors (Lipinski definition) is 0. The van der Waals surface area contributed by atoms with Crippen molar-refractivity contribution in [1.29, 1.82) is 0 Å². The fraction of sp³-hybridized carbons (Fsp3) is 0.692. The summed E-state index contributed by atoms with van der Waals surface area (Å²) in [5, 5.41) is 0. The van der Waals surface area contributed by atoms with Crippen molar-refractivity contribution in [3.05, 3.63) is 23.8 Å². The van der Waals surface area contributed by atoms with Gasteiger partial charge in [0.25, 0.3) is 0 Å². The quantitative estimate of drug-likeness (QED) is 0.420. The third kappa shape index (κ3) is 3.04. The maximum atomic E-state index is 4.10. The summed E-state index contributed by atoms with van der Waals surface area (Å²) in [6, 6.07) is 0. The van der Waals surface area contributed by atoms with Crippen molar-refractivity contribution in [2.75, 3.05) is 0 Å². The zero-order valence-electron chi connectivity index (χ0n) is 9.44. The van der Waals surface area contributed by atoms with Gasteiger partial charge in [-0.05, 0) is 0 Å². The molecule has 0 aromatic carbocycles. The Balaban J connectivity index is 0.000000980. The largest absolute Gasteiger partial charge is 1.00 e. The minimum atomic E-state index is 0. The van der Waals surface area contributed by atoms with Gasteiger partial charge in [0.05, 0.1) is 0 Å². The van der Waals surface area contributed by atoms with Crippen molar-refractivity contribution in [2.45, 2.75) is 51.4 Å². The number of rotatable bonds is 1. The summed E-state index contributed by atoms with van der Waals surface area (Å²) < 4.78 is 0. The van der Waals surface area contributed by atoms with E-state index in [0.717, 1.165) is 5.92 Å². The number of allylic oxidation sites excluding steroid dienone is 3. The predicted molar refractivity (Wildman–Crippen MR) is 56.3 cm³/mol. The molecule has 0 nitrogen and oxygen atoms in total. The molecular formula is C13H19Li. The van der Waals surface area contributed by atoms with E-state index in [1.54, 1.807) is 0 Å². The van der Waals surface area contributed by atoms with E-state index in [0.29, 0.717) is 0 Å². The summed E-state index contributed by atoms with van der Waals surface area (Å²) in [6.45, 7) is 4.10. The molecule has 2 fully saturated rings. The fourth-order valence-electron chi connectivity index (χ4n) is 2.47. The first-order valence-corrected chi connectivity index (χ1v) is 5.67. The van der Waals surface area contributed by atoms with Crippen molar-refractivity contribution in [3.63, 3.8) is 0 Å². The summed E-state index contributed by atoms with van der Waals surface area (Å²) in [4.78, 5) is 0. The Bertz CT molecular complexity index is 221. The van der Waals surface area contributed by atoms with Crippen LogP contribution in [-0.4, -0.2) is 0 Å². The normalized spacial score (nSPS) is 26.6. The molecule has 0 heterocycles. The van der Waals surface area contributed by atoms with Crippen LogP contribution in [0.1, 0.15) is 51.4 Å². The van der Waals surface area contributed by atoms with Gasteiger partial charge >= 0.3 is 18.9 Å². The molecule has 2 aliphatic rings. The van der Waals surface area contributed by atoms with E-state index in [2.05, 4.69) is 12.7 Å². The van der Waals surface area contributed by atoms with E-state index in [-0.39, 0.29) is 18.9 Å². The molecule has 0 spiro atoms. The molecule has 0 bridgehead atoms. The van der Waals surface area contributed by atoms with Gasteiger partial charge < -0.3 is 0 Å². The molecule has 72 valence electrons. The van der Waals surface area contributed by atoms with Gasteiger partial charge in [0.1, 0.15) is 0 Å². The van der Waals surface area contributed by atoms with Gasteiger partial charge in [0.2, 0.25) is 0 Å². The van der Waals surface area contributed by atoms with E-state index in [1.807, 2.05) is 0 Å². The third-order valence-corrected chi connectivity index (χ3v) is 3.32. The molecule has 14 heavy (non-hydrogen) atoms. The molecule has 0 aromatic rings. The zero-order valence-corrected chi connectivity index (χ0v) is 9.44. The first-order chi connectivity index (χ1) is 6.36. The second kappa shape index (κ2) is 5.84. The van der Waals surface area contributed by atoms with Crippen LogP contribution in [0, 0.1) is 12.0 Å². The Kier molecular flexibility index (Phi) is 5.07. The van der Waals surface area contributed by atoms with Crippen LogP contribution >= 0.6 is 0 Å². The first-order valence-electron chi connectivity index (χ1n) is 5.67. The maximum absolute atomic E-state index is 4.10. The summed E-state index contributed by atoms with van der Waals surface area (Å²) >= 11 is 0. The van der Waals surface area contributed by atoms with E-state index in [1.165, 1.54) is 62.5 Å². The molecule has 0 saturated heterocycles. The first kappa shape index (κ1) is 12.1. The number of hydrogen-bond donors (Lipinski definition) is 0. The fourth-order valence-corrected chi connectivity index (χ4v) is 2.47. The van der Waals surface area contributed by atoms with Crippen molar-refractivity contribution in [2.24, 2.45) is 5.92 Å². The van der Waals surface area contributed by atoms with Gasteiger partial charge in [0, 0.05) is 0 Å². The third-order valence-electron chi connectivity index (χ3n) is 3.32. The van der Waals surface area contributed by atoms with Crippen LogP contribution in [0.15, 0.2) is 17.7 Å². The average Bonchev–Trinajstić information content (AvgIpc) is 2.54. The average molecular weight is 182 g/mol. The van der Waals surface area contributed by atoms with E-state index >= 15 is 0 Å². The van der Waals surface area contributed by atoms with Crippen molar-refractivity contribution < 1.29 is 18.9 Å².